The van der Waals surface area contributed by atoms with Crippen molar-refractivity contribution in [3.8, 4) is 0 Å². The largest absolute Gasteiger partial charge is 0.369 e. The van der Waals surface area contributed by atoms with Crippen LogP contribution >= 0.6 is 0 Å². The van der Waals surface area contributed by atoms with Gasteiger partial charge < -0.3 is 10.2 Å². The first-order valence-electron chi connectivity index (χ1n) is 7.14. The molecule has 0 aromatic heterocycles. The summed E-state index contributed by atoms with van der Waals surface area (Å²) in [6, 6.07) is 9.81. The van der Waals surface area contributed by atoms with Crippen molar-refractivity contribution in [2.45, 2.75) is 59.7 Å². The lowest BCUT2D eigenvalue weighted by Gasteiger charge is -2.31. The second-order valence-electron chi connectivity index (χ2n) is 5.45. The van der Waals surface area contributed by atoms with Gasteiger partial charge in [-0.1, -0.05) is 39.0 Å². The van der Waals surface area contributed by atoms with Crippen LogP contribution in [-0.4, -0.2) is 18.6 Å². The number of para-hydroxylation sites is 1. The van der Waals surface area contributed by atoms with E-state index in [0.29, 0.717) is 12.1 Å². The molecule has 0 bridgehead atoms. The van der Waals surface area contributed by atoms with Gasteiger partial charge in [0.25, 0.3) is 0 Å². The number of benzene rings is 1. The van der Waals surface area contributed by atoms with Gasteiger partial charge in [0.05, 0.1) is 0 Å². The van der Waals surface area contributed by atoms with E-state index in [0.717, 1.165) is 13.1 Å². The maximum atomic E-state index is 3.51. The maximum Gasteiger partial charge on any atom is 0.0414 e. The van der Waals surface area contributed by atoms with E-state index < -0.39 is 0 Å². The van der Waals surface area contributed by atoms with Crippen molar-refractivity contribution in [1.29, 1.82) is 0 Å². The molecule has 0 fully saturated rings. The average molecular weight is 248 g/mol. The Kier molecular flexibility index (Phi) is 6.20. The van der Waals surface area contributed by atoms with E-state index in [1.165, 1.54) is 17.7 Å². The molecular formula is C16H28N2. The van der Waals surface area contributed by atoms with Crippen LogP contribution in [0.5, 0.6) is 0 Å². The molecule has 0 aliphatic rings. The van der Waals surface area contributed by atoms with E-state index in [-0.39, 0.29) is 0 Å². The molecule has 0 saturated carbocycles. The first-order chi connectivity index (χ1) is 8.56. The SMILES string of the molecule is CCCN(c1ccccc1CNC(C)C)C(C)C. The van der Waals surface area contributed by atoms with E-state index in [2.05, 4.69) is 69.1 Å². The average Bonchev–Trinajstić information content (AvgIpc) is 2.33. The second-order valence-corrected chi connectivity index (χ2v) is 5.45. The topological polar surface area (TPSA) is 15.3 Å². The quantitative estimate of drug-likeness (QED) is 0.789. The molecule has 2 heteroatoms. The first kappa shape index (κ1) is 15.0. The third kappa shape index (κ3) is 4.34. The molecule has 0 heterocycles. The standard InChI is InChI=1S/C16H28N2/c1-6-11-18(14(4)5)16-10-8-7-9-15(16)12-17-13(2)3/h7-10,13-14,17H,6,11-12H2,1-5H3. The highest BCUT2D eigenvalue weighted by atomic mass is 15.2. The number of nitrogens with one attached hydrogen (secondary N) is 1. The number of nitrogens with zero attached hydrogens (tertiary/aromatic N) is 1. The van der Waals surface area contributed by atoms with Gasteiger partial charge in [-0.3, -0.25) is 0 Å². The Morgan fingerprint density at radius 3 is 2.33 bits per heavy atom. The molecule has 0 spiro atoms. The molecule has 1 N–H and O–H groups in total. The molecule has 1 rings (SSSR count). The van der Waals surface area contributed by atoms with Gasteiger partial charge in [0, 0.05) is 30.9 Å². The molecule has 2 nitrogen and oxygen atoms in total. The Morgan fingerprint density at radius 1 is 1.11 bits per heavy atom. The van der Waals surface area contributed by atoms with E-state index in [1.54, 1.807) is 0 Å². The van der Waals surface area contributed by atoms with E-state index in [9.17, 15) is 0 Å². The molecule has 18 heavy (non-hydrogen) atoms. The fourth-order valence-electron chi connectivity index (χ4n) is 2.15. The van der Waals surface area contributed by atoms with Crippen molar-refractivity contribution >= 4 is 5.69 Å². The van der Waals surface area contributed by atoms with Crippen LogP contribution < -0.4 is 10.2 Å². The summed E-state index contributed by atoms with van der Waals surface area (Å²) in [5, 5.41) is 3.51. The van der Waals surface area contributed by atoms with E-state index >= 15 is 0 Å². The molecule has 102 valence electrons. The number of hydrogen-bond acceptors (Lipinski definition) is 2. The molecule has 1 aromatic carbocycles. The van der Waals surface area contributed by atoms with Crippen LogP contribution in [0.15, 0.2) is 24.3 Å². The van der Waals surface area contributed by atoms with E-state index in [1.807, 2.05) is 0 Å². The van der Waals surface area contributed by atoms with Gasteiger partial charge in [0.1, 0.15) is 0 Å². The zero-order valence-corrected chi connectivity index (χ0v) is 12.5. The molecule has 0 amide bonds. The Bertz CT molecular complexity index is 345. The fourth-order valence-corrected chi connectivity index (χ4v) is 2.15. The summed E-state index contributed by atoms with van der Waals surface area (Å²) < 4.78 is 0. The van der Waals surface area contributed by atoms with Crippen LogP contribution in [0, 0.1) is 0 Å². The van der Waals surface area contributed by atoms with Crippen LogP contribution in [0.25, 0.3) is 0 Å². The summed E-state index contributed by atoms with van der Waals surface area (Å²) in [5.74, 6) is 0. The Hall–Kier alpha value is -1.02. The van der Waals surface area contributed by atoms with Crippen molar-refractivity contribution in [2.75, 3.05) is 11.4 Å². The van der Waals surface area contributed by atoms with E-state index in [4.69, 9.17) is 0 Å². The van der Waals surface area contributed by atoms with Gasteiger partial charge in [0.15, 0.2) is 0 Å². The zero-order valence-electron chi connectivity index (χ0n) is 12.5. The first-order valence-corrected chi connectivity index (χ1v) is 7.14. The van der Waals surface area contributed by atoms with Gasteiger partial charge in [0.2, 0.25) is 0 Å². The summed E-state index contributed by atoms with van der Waals surface area (Å²) >= 11 is 0. The lowest BCUT2D eigenvalue weighted by Crippen LogP contribution is -2.33. The van der Waals surface area contributed by atoms with Crippen LogP contribution in [-0.2, 0) is 6.54 Å². The maximum absolute atomic E-state index is 3.51. The van der Waals surface area contributed by atoms with Gasteiger partial charge in [-0.2, -0.15) is 0 Å². The summed E-state index contributed by atoms with van der Waals surface area (Å²) in [6.07, 6.45) is 1.18. The molecule has 0 unspecified atom stereocenters. The van der Waals surface area contributed by atoms with Crippen molar-refractivity contribution in [3.05, 3.63) is 29.8 Å². The minimum absolute atomic E-state index is 0.525. The smallest absolute Gasteiger partial charge is 0.0414 e. The van der Waals surface area contributed by atoms with Crippen molar-refractivity contribution in [1.82, 2.24) is 5.32 Å². The van der Waals surface area contributed by atoms with Crippen LogP contribution in [0.3, 0.4) is 0 Å². The van der Waals surface area contributed by atoms with Gasteiger partial charge in [-0.25, -0.2) is 0 Å². The minimum atomic E-state index is 0.525. The number of hydrogen-bond donors (Lipinski definition) is 1. The minimum Gasteiger partial charge on any atom is -0.369 e. The Balaban J connectivity index is 2.91. The monoisotopic (exact) mass is 248 g/mol. The summed E-state index contributed by atoms with van der Waals surface area (Å²) in [5.41, 5.74) is 2.77. The molecule has 0 aliphatic heterocycles. The number of anilines is 1. The van der Waals surface area contributed by atoms with Gasteiger partial charge in [-0.15, -0.1) is 0 Å². The second kappa shape index (κ2) is 7.42. The van der Waals surface area contributed by atoms with Crippen molar-refractivity contribution in [3.63, 3.8) is 0 Å². The fraction of sp³-hybridized carbons (Fsp3) is 0.625. The Morgan fingerprint density at radius 2 is 1.78 bits per heavy atom. The number of rotatable bonds is 7. The third-order valence-corrected chi connectivity index (χ3v) is 3.09. The Labute approximate surface area is 112 Å². The lowest BCUT2D eigenvalue weighted by atomic mass is 10.1. The highest BCUT2D eigenvalue weighted by Gasteiger charge is 2.13. The third-order valence-electron chi connectivity index (χ3n) is 3.09. The van der Waals surface area contributed by atoms with Crippen LogP contribution in [0.2, 0.25) is 0 Å². The normalized spacial score (nSPS) is 11.3. The molecule has 0 atom stereocenters. The predicted octanol–water partition coefficient (Wildman–Crippen LogP) is 3.81. The molecule has 0 radical (unpaired) electrons. The van der Waals surface area contributed by atoms with Crippen molar-refractivity contribution in [2.24, 2.45) is 0 Å². The molecule has 0 aliphatic carbocycles. The molecule has 1 aromatic rings. The predicted molar refractivity (Wildman–Crippen MR) is 81.2 cm³/mol. The van der Waals surface area contributed by atoms with Crippen LogP contribution in [0.4, 0.5) is 5.69 Å². The highest BCUT2D eigenvalue weighted by molar-refractivity contribution is 5.54. The summed E-state index contributed by atoms with van der Waals surface area (Å²) in [7, 11) is 0. The highest BCUT2D eigenvalue weighted by Crippen LogP contribution is 2.22. The van der Waals surface area contributed by atoms with Crippen LogP contribution in [0.1, 0.15) is 46.6 Å². The zero-order chi connectivity index (χ0) is 13.5. The lowest BCUT2D eigenvalue weighted by molar-refractivity contribution is 0.585. The van der Waals surface area contributed by atoms with Gasteiger partial charge in [-0.05, 0) is 31.9 Å². The van der Waals surface area contributed by atoms with Crippen molar-refractivity contribution < 1.29 is 0 Å². The molecule has 0 saturated heterocycles. The molecular weight excluding hydrogens is 220 g/mol. The summed E-state index contributed by atoms with van der Waals surface area (Å²) in [4.78, 5) is 2.50. The summed E-state index contributed by atoms with van der Waals surface area (Å²) in [6.45, 7) is 13.2. The van der Waals surface area contributed by atoms with Gasteiger partial charge >= 0.3 is 0 Å².